The molecule has 1 aromatic rings. The van der Waals surface area contributed by atoms with Crippen molar-refractivity contribution in [3.63, 3.8) is 0 Å². The molecule has 1 rings (SSSR count). The number of rotatable bonds is 5. The van der Waals surface area contributed by atoms with Crippen molar-refractivity contribution < 1.29 is 4.79 Å². The third-order valence-electron chi connectivity index (χ3n) is 1.83. The van der Waals surface area contributed by atoms with E-state index in [9.17, 15) is 4.79 Å². The summed E-state index contributed by atoms with van der Waals surface area (Å²) < 4.78 is 0. The summed E-state index contributed by atoms with van der Waals surface area (Å²) in [7, 11) is 0. The monoisotopic (exact) mass is 275 g/mol. The molecule has 0 fully saturated rings. The number of alkyl halides is 1. The minimum absolute atomic E-state index is 0.0515. The van der Waals surface area contributed by atoms with Gasteiger partial charge in [0.05, 0.1) is 4.88 Å². The summed E-state index contributed by atoms with van der Waals surface area (Å²) >= 11 is 4.90. The Hall–Kier alpha value is -0.350. The van der Waals surface area contributed by atoms with E-state index < -0.39 is 0 Å². The lowest BCUT2D eigenvalue weighted by Crippen LogP contribution is -2.23. The van der Waals surface area contributed by atoms with E-state index in [0.717, 1.165) is 29.6 Å². The molecule has 0 saturated heterocycles. The Morgan fingerprint density at radius 3 is 2.93 bits per heavy atom. The van der Waals surface area contributed by atoms with Crippen LogP contribution >= 0.6 is 27.3 Å². The van der Waals surface area contributed by atoms with E-state index in [1.807, 2.05) is 12.1 Å². The lowest BCUT2D eigenvalue weighted by Gasteiger charge is -2.00. The van der Waals surface area contributed by atoms with Gasteiger partial charge in [0.1, 0.15) is 0 Å². The van der Waals surface area contributed by atoms with Crippen molar-refractivity contribution in [2.75, 3.05) is 11.9 Å². The van der Waals surface area contributed by atoms with Crippen molar-refractivity contribution in [1.29, 1.82) is 0 Å². The normalized spacial score (nSPS) is 10.1. The van der Waals surface area contributed by atoms with E-state index in [-0.39, 0.29) is 5.91 Å². The smallest absolute Gasteiger partial charge is 0.261 e. The summed E-state index contributed by atoms with van der Waals surface area (Å²) in [5, 5.41) is 3.81. The summed E-state index contributed by atoms with van der Waals surface area (Å²) in [5.41, 5.74) is 0. The Balaban J connectivity index is 2.44. The number of halogens is 1. The maximum Gasteiger partial charge on any atom is 0.261 e. The second-order valence-corrected chi connectivity index (χ2v) is 4.88. The number of hydrogen-bond acceptors (Lipinski definition) is 2. The topological polar surface area (TPSA) is 29.1 Å². The van der Waals surface area contributed by atoms with Gasteiger partial charge in [-0.3, -0.25) is 4.79 Å². The van der Waals surface area contributed by atoms with Gasteiger partial charge in [0.25, 0.3) is 5.91 Å². The van der Waals surface area contributed by atoms with Crippen LogP contribution in [-0.4, -0.2) is 17.8 Å². The van der Waals surface area contributed by atoms with Crippen molar-refractivity contribution in [2.45, 2.75) is 19.8 Å². The van der Waals surface area contributed by atoms with Crippen LogP contribution in [0.3, 0.4) is 0 Å². The molecule has 4 heteroatoms. The first-order valence-corrected chi connectivity index (χ1v) is 6.64. The Morgan fingerprint density at radius 1 is 1.57 bits per heavy atom. The molecule has 1 heterocycles. The zero-order chi connectivity index (χ0) is 10.4. The summed E-state index contributed by atoms with van der Waals surface area (Å²) in [4.78, 5) is 13.6. The Kier molecular flexibility index (Phi) is 5.19. The number of thiophene rings is 1. The molecule has 0 aromatic carbocycles. The second kappa shape index (κ2) is 6.19. The first-order chi connectivity index (χ1) is 6.77. The predicted octanol–water partition coefficient (Wildman–Crippen LogP) is 2.83. The zero-order valence-electron chi connectivity index (χ0n) is 8.18. The minimum Gasteiger partial charge on any atom is -0.351 e. The lowest BCUT2D eigenvalue weighted by molar-refractivity contribution is 0.0958. The van der Waals surface area contributed by atoms with Gasteiger partial charge in [-0.2, -0.15) is 0 Å². The van der Waals surface area contributed by atoms with Crippen LogP contribution in [0.2, 0.25) is 0 Å². The fourth-order valence-corrected chi connectivity index (χ4v) is 2.19. The molecule has 0 aliphatic carbocycles. The third-order valence-corrected chi connectivity index (χ3v) is 3.62. The van der Waals surface area contributed by atoms with Crippen LogP contribution in [0.15, 0.2) is 12.1 Å². The van der Waals surface area contributed by atoms with Gasteiger partial charge in [-0.05, 0) is 25.0 Å². The summed E-state index contributed by atoms with van der Waals surface area (Å²) in [6.07, 6.45) is 1.97. The standard InChI is InChI=1S/C10H14BrNOS/c1-2-8-4-5-9(14-8)10(13)12-7-3-6-11/h4-5H,2-3,6-7H2,1H3,(H,12,13). The number of carbonyl (C=O) groups excluding carboxylic acids is 1. The van der Waals surface area contributed by atoms with Gasteiger partial charge in [-0.25, -0.2) is 0 Å². The van der Waals surface area contributed by atoms with Gasteiger partial charge in [-0.1, -0.05) is 22.9 Å². The second-order valence-electron chi connectivity index (χ2n) is 2.92. The molecule has 78 valence electrons. The molecule has 1 amide bonds. The van der Waals surface area contributed by atoms with E-state index in [0.29, 0.717) is 0 Å². The SMILES string of the molecule is CCc1ccc(C(=O)NCCCBr)s1. The quantitative estimate of drug-likeness (QED) is 0.650. The van der Waals surface area contributed by atoms with E-state index in [1.54, 1.807) is 11.3 Å². The van der Waals surface area contributed by atoms with Crippen LogP contribution < -0.4 is 5.32 Å². The summed E-state index contributed by atoms with van der Waals surface area (Å²) in [6, 6.07) is 3.91. The van der Waals surface area contributed by atoms with Crippen LogP contribution in [0, 0.1) is 0 Å². The Bertz CT molecular complexity index is 298. The molecule has 1 N–H and O–H groups in total. The lowest BCUT2D eigenvalue weighted by atomic mass is 10.3. The van der Waals surface area contributed by atoms with Crippen molar-refractivity contribution in [3.05, 3.63) is 21.9 Å². The predicted molar refractivity (Wildman–Crippen MR) is 64.4 cm³/mol. The van der Waals surface area contributed by atoms with Gasteiger partial charge in [0.15, 0.2) is 0 Å². The fourth-order valence-electron chi connectivity index (χ4n) is 1.05. The summed E-state index contributed by atoms with van der Waals surface area (Å²) in [5.74, 6) is 0.0515. The highest BCUT2D eigenvalue weighted by molar-refractivity contribution is 9.09. The molecule has 0 atom stereocenters. The summed E-state index contributed by atoms with van der Waals surface area (Å²) in [6.45, 7) is 2.84. The van der Waals surface area contributed by atoms with Gasteiger partial charge in [-0.15, -0.1) is 11.3 Å². The molecule has 1 aromatic heterocycles. The molecule has 14 heavy (non-hydrogen) atoms. The van der Waals surface area contributed by atoms with Crippen molar-refractivity contribution in [1.82, 2.24) is 5.32 Å². The molecule has 2 nitrogen and oxygen atoms in total. The molecule has 0 bridgehead atoms. The minimum atomic E-state index is 0.0515. The van der Waals surface area contributed by atoms with E-state index in [4.69, 9.17) is 0 Å². The molecule has 0 saturated carbocycles. The van der Waals surface area contributed by atoms with Crippen molar-refractivity contribution in [2.24, 2.45) is 0 Å². The molecular weight excluding hydrogens is 262 g/mol. The average Bonchev–Trinajstić information content (AvgIpc) is 2.66. The number of nitrogens with one attached hydrogen (secondary N) is 1. The van der Waals surface area contributed by atoms with Crippen LogP contribution in [0.25, 0.3) is 0 Å². The first kappa shape index (κ1) is 11.7. The average molecular weight is 276 g/mol. The van der Waals surface area contributed by atoms with Gasteiger partial charge >= 0.3 is 0 Å². The molecule has 0 unspecified atom stereocenters. The van der Waals surface area contributed by atoms with Crippen molar-refractivity contribution in [3.8, 4) is 0 Å². The highest BCUT2D eigenvalue weighted by Gasteiger charge is 2.06. The number of hydrogen-bond donors (Lipinski definition) is 1. The van der Waals surface area contributed by atoms with Crippen molar-refractivity contribution >= 4 is 33.2 Å². The van der Waals surface area contributed by atoms with E-state index in [2.05, 4.69) is 28.2 Å². The Morgan fingerprint density at radius 2 is 2.36 bits per heavy atom. The Labute approximate surface area is 96.8 Å². The number of aryl methyl sites for hydroxylation is 1. The third kappa shape index (κ3) is 3.42. The largest absolute Gasteiger partial charge is 0.351 e. The molecule has 0 radical (unpaired) electrons. The number of carbonyl (C=O) groups is 1. The van der Waals surface area contributed by atoms with Crippen LogP contribution in [0.4, 0.5) is 0 Å². The maximum atomic E-state index is 11.5. The van der Waals surface area contributed by atoms with Crippen LogP contribution in [-0.2, 0) is 6.42 Å². The van der Waals surface area contributed by atoms with Crippen LogP contribution in [0.1, 0.15) is 27.9 Å². The molecular formula is C10H14BrNOS. The van der Waals surface area contributed by atoms with E-state index in [1.165, 1.54) is 4.88 Å². The van der Waals surface area contributed by atoms with E-state index >= 15 is 0 Å². The van der Waals surface area contributed by atoms with Gasteiger partial charge in [0, 0.05) is 16.8 Å². The molecule has 0 aliphatic heterocycles. The van der Waals surface area contributed by atoms with Gasteiger partial charge in [0.2, 0.25) is 0 Å². The maximum absolute atomic E-state index is 11.5. The molecule has 0 aliphatic rings. The highest BCUT2D eigenvalue weighted by Crippen LogP contribution is 2.16. The fraction of sp³-hybridized carbons (Fsp3) is 0.500. The molecule has 0 spiro atoms. The van der Waals surface area contributed by atoms with Gasteiger partial charge < -0.3 is 5.32 Å². The highest BCUT2D eigenvalue weighted by atomic mass is 79.9. The van der Waals surface area contributed by atoms with Crippen LogP contribution in [0.5, 0.6) is 0 Å². The zero-order valence-corrected chi connectivity index (χ0v) is 10.6. The number of amides is 1. The first-order valence-electron chi connectivity index (χ1n) is 4.70.